The Morgan fingerprint density at radius 3 is 2.86 bits per heavy atom. The van der Waals surface area contributed by atoms with Gasteiger partial charge in [0.25, 0.3) is 0 Å². The number of H-pyrrole nitrogens is 1. The van der Waals surface area contributed by atoms with Gasteiger partial charge in [-0.1, -0.05) is 0 Å². The summed E-state index contributed by atoms with van der Waals surface area (Å²) in [6.45, 7) is 1.86. The minimum absolute atomic E-state index is 0.472. The van der Waals surface area contributed by atoms with Crippen molar-refractivity contribution in [2.75, 3.05) is 5.73 Å². The van der Waals surface area contributed by atoms with Crippen LogP contribution in [0, 0.1) is 6.92 Å². The second-order valence-corrected chi connectivity index (χ2v) is 5.00. The van der Waals surface area contributed by atoms with Crippen molar-refractivity contribution in [1.29, 1.82) is 0 Å². The number of nitrogens with two attached hydrogens (primary N) is 1. The Hall–Kier alpha value is -3.22. The van der Waals surface area contributed by atoms with Gasteiger partial charge in [-0.15, -0.1) is 0 Å². The van der Waals surface area contributed by atoms with Gasteiger partial charge >= 0.3 is 0 Å². The third kappa shape index (κ3) is 1.99. The van der Waals surface area contributed by atoms with Gasteiger partial charge in [0.15, 0.2) is 5.65 Å². The molecule has 0 atom stereocenters. The second-order valence-electron chi connectivity index (χ2n) is 5.00. The third-order valence-electron chi connectivity index (χ3n) is 3.44. The molecule has 22 heavy (non-hydrogen) atoms. The molecule has 0 aromatic carbocycles. The van der Waals surface area contributed by atoms with E-state index >= 15 is 0 Å². The molecule has 0 spiro atoms. The van der Waals surface area contributed by atoms with Gasteiger partial charge in [0.1, 0.15) is 11.6 Å². The van der Waals surface area contributed by atoms with Crippen molar-refractivity contribution < 1.29 is 0 Å². The van der Waals surface area contributed by atoms with E-state index in [1.807, 2.05) is 37.5 Å². The van der Waals surface area contributed by atoms with Crippen LogP contribution < -0.4 is 5.73 Å². The number of nitrogen functional groups attached to an aromatic ring is 1. The molecular weight excluding hydrogens is 278 g/mol. The van der Waals surface area contributed by atoms with Crippen LogP contribution in [-0.2, 0) is 0 Å². The van der Waals surface area contributed by atoms with Crippen molar-refractivity contribution in [3.8, 4) is 22.4 Å². The molecule has 0 unspecified atom stereocenters. The molecule has 0 amide bonds. The highest BCUT2D eigenvalue weighted by molar-refractivity contribution is 5.82. The second kappa shape index (κ2) is 4.66. The maximum atomic E-state index is 5.87. The van der Waals surface area contributed by atoms with E-state index in [4.69, 9.17) is 5.73 Å². The fraction of sp³-hybridized carbons (Fsp3) is 0.0667. The maximum Gasteiger partial charge on any atom is 0.156 e. The summed E-state index contributed by atoms with van der Waals surface area (Å²) in [5.74, 6) is 1.20. The first-order chi connectivity index (χ1) is 10.7. The van der Waals surface area contributed by atoms with Crippen LogP contribution in [0.1, 0.15) is 5.82 Å². The molecule has 0 saturated heterocycles. The zero-order valence-electron chi connectivity index (χ0n) is 11.9. The van der Waals surface area contributed by atoms with Crippen LogP contribution in [0.4, 0.5) is 5.82 Å². The number of pyridine rings is 2. The quantitative estimate of drug-likeness (QED) is 0.589. The number of nitrogens with one attached hydrogen (secondary N) is 1. The summed E-state index contributed by atoms with van der Waals surface area (Å²) < 4.78 is 1.74. The minimum atomic E-state index is 0.472. The molecule has 108 valence electrons. The fourth-order valence-electron chi connectivity index (χ4n) is 2.47. The summed E-state index contributed by atoms with van der Waals surface area (Å²) in [6.07, 6.45) is 5.46. The molecule has 4 aromatic heterocycles. The van der Waals surface area contributed by atoms with Gasteiger partial charge in [0.05, 0.1) is 11.9 Å². The number of rotatable bonds is 2. The van der Waals surface area contributed by atoms with E-state index in [1.54, 1.807) is 16.8 Å². The zero-order chi connectivity index (χ0) is 15.1. The number of aryl methyl sites for hydroxylation is 1. The van der Waals surface area contributed by atoms with E-state index in [2.05, 4.69) is 25.3 Å². The molecule has 0 fully saturated rings. The van der Waals surface area contributed by atoms with Gasteiger partial charge in [-0.05, 0) is 31.2 Å². The molecule has 4 rings (SSSR count). The Labute approximate surface area is 125 Å². The Morgan fingerprint density at radius 2 is 2.05 bits per heavy atom. The molecule has 0 bridgehead atoms. The molecule has 0 radical (unpaired) electrons. The summed E-state index contributed by atoms with van der Waals surface area (Å²) in [6, 6.07) is 7.63. The molecule has 0 aliphatic heterocycles. The van der Waals surface area contributed by atoms with Crippen LogP contribution in [0.2, 0.25) is 0 Å². The first-order valence-electron chi connectivity index (χ1n) is 6.80. The van der Waals surface area contributed by atoms with E-state index in [9.17, 15) is 0 Å². The maximum absolute atomic E-state index is 5.87. The lowest BCUT2D eigenvalue weighted by molar-refractivity contribution is 0.931. The third-order valence-corrected chi connectivity index (χ3v) is 3.44. The van der Waals surface area contributed by atoms with Crippen LogP contribution in [0.5, 0.6) is 0 Å². The SMILES string of the molecule is Cc1nc2cc(-c3nc(N)ccc3-c3cn[nH]c3)ccn2n1. The van der Waals surface area contributed by atoms with E-state index in [-0.39, 0.29) is 0 Å². The summed E-state index contributed by atoms with van der Waals surface area (Å²) in [7, 11) is 0. The average Bonchev–Trinajstić information content (AvgIpc) is 3.14. The number of hydrogen-bond donors (Lipinski definition) is 2. The lowest BCUT2D eigenvalue weighted by Crippen LogP contribution is -1.96. The molecular formula is C15H13N7. The molecule has 3 N–H and O–H groups in total. The summed E-state index contributed by atoms with van der Waals surface area (Å²) >= 11 is 0. The topological polar surface area (TPSA) is 97.8 Å². The molecule has 7 heteroatoms. The van der Waals surface area contributed by atoms with Crippen LogP contribution >= 0.6 is 0 Å². The van der Waals surface area contributed by atoms with Gasteiger partial charge in [-0.2, -0.15) is 10.2 Å². The monoisotopic (exact) mass is 291 g/mol. The first-order valence-corrected chi connectivity index (χ1v) is 6.80. The predicted octanol–water partition coefficient (Wildman–Crippen LogP) is 2.07. The number of hydrogen-bond acceptors (Lipinski definition) is 5. The van der Waals surface area contributed by atoms with Crippen molar-refractivity contribution in [3.05, 3.63) is 48.7 Å². The first kappa shape index (κ1) is 12.5. The Morgan fingerprint density at radius 1 is 1.14 bits per heavy atom. The number of aromatic amines is 1. The molecule has 0 aliphatic rings. The zero-order valence-corrected chi connectivity index (χ0v) is 11.9. The van der Waals surface area contributed by atoms with Crippen LogP contribution in [0.25, 0.3) is 28.0 Å². The Balaban J connectivity index is 1.94. The van der Waals surface area contributed by atoms with Gasteiger partial charge in [-0.25, -0.2) is 14.5 Å². The lowest BCUT2D eigenvalue weighted by Gasteiger charge is -2.08. The van der Waals surface area contributed by atoms with Gasteiger partial charge in [0, 0.05) is 29.1 Å². The van der Waals surface area contributed by atoms with Gasteiger partial charge in [-0.3, -0.25) is 5.10 Å². The Kier molecular flexibility index (Phi) is 2.65. The predicted molar refractivity (Wildman–Crippen MR) is 82.9 cm³/mol. The van der Waals surface area contributed by atoms with Crippen LogP contribution in [0.15, 0.2) is 42.9 Å². The van der Waals surface area contributed by atoms with Crippen LogP contribution in [-0.4, -0.2) is 29.8 Å². The van der Waals surface area contributed by atoms with Gasteiger partial charge in [0.2, 0.25) is 0 Å². The summed E-state index contributed by atoms with van der Waals surface area (Å²) in [4.78, 5) is 8.88. The fourth-order valence-corrected chi connectivity index (χ4v) is 2.47. The highest BCUT2D eigenvalue weighted by Gasteiger charge is 2.12. The van der Waals surface area contributed by atoms with Crippen molar-refractivity contribution in [2.45, 2.75) is 6.92 Å². The number of anilines is 1. The molecule has 7 nitrogen and oxygen atoms in total. The average molecular weight is 291 g/mol. The molecule has 4 aromatic rings. The van der Waals surface area contributed by atoms with Crippen molar-refractivity contribution >= 4 is 11.5 Å². The van der Waals surface area contributed by atoms with E-state index in [0.717, 1.165) is 33.9 Å². The number of fused-ring (bicyclic) bond motifs is 1. The Bertz CT molecular complexity index is 953. The molecule has 4 heterocycles. The van der Waals surface area contributed by atoms with Crippen molar-refractivity contribution in [1.82, 2.24) is 29.8 Å². The van der Waals surface area contributed by atoms with Crippen molar-refractivity contribution in [3.63, 3.8) is 0 Å². The van der Waals surface area contributed by atoms with E-state index in [1.165, 1.54) is 0 Å². The standard InChI is InChI=1S/C15H13N7/c1-9-19-14-6-10(4-5-22(14)21-9)15-12(2-3-13(16)20-15)11-7-17-18-8-11/h2-8H,1H3,(H2,16,20)(H,17,18). The highest BCUT2D eigenvalue weighted by Crippen LogP contribution is 2.31. The highest BCUT2D eigenvalue weighted by atomic mass is 15.3. The van der Waals surface area contributed by atoms with Gasteiger partial charge < -0.3 is 5.73 Å². The summed E-state index contributed by atoms with van der Waals surface area (Å²) in [5.41, 5.74) is 10.3. The minimum Gasteiger partial charge on any atom is -0.384 e. The normalized spacial score (nSPS) is 11.1. The lowest BCUT2D eigenvalue weighted by atomic mass is 10.0. The largest absolute Gasteiger partial charge is 0.384 e. The van der Waals surface area contributed by atoms with Crippen LogP contribution in [0.3, 0.4) is 0 Å². The number of nitrogens with zero attached hydrogens (tertiary/aromatic N) is 5. The smallest absolute Gasteiger partial charge is 0.156 e. The number of aromatic nitrogens is 6. The molecule has 0 saturated carbocycles. The van der Waals surface area contributed by atoms with E-state index < -0.39 is 0 Å². The van der Waals surface area contributed by atoms with E-state index in [0.29, 0.717) is 5.82 Å². The van der Waals surface area contributed by atoms with Crippen molar-refractivity contribution in [2.24, 2.45) is 0 Å². The summed E-state index contributed by atoms with van der Waals surface area (Å²) in [5, 5.41) is 11.1. The molecule has 0 aliphatic carbocycles.